The molecule has 1 aromatic heterocycles. The molecule has 45 heavy (non-hydrogen) atoms. The van der Waals surface area contributed by atoms with Crippen LogP contribution in [0.3, 0.4) is 0 Å². The zero-order valence-corrected chi connectivity index (χ0v) is 25.2. The SMILES string of the molecule is c1ccc(C2Nc3cc(-c4ccc5c6ccccc6c6ccccc6c5c4)ccc3-c3c2ccc2sc4ccccc4c32)cc1. The molecular formula is C43H27NS. The highest BCUT2D eigenvalue weighted by molar-refractivity contribution is 7.26. The average Bonchev–Trinajstić information content (AvgIpc) is 3.50. The van der Waals surface area contributed by atoms with Gasteiger partial charge in [0, 0.05) is 31.4 Å². The molecule has 1 N–H and O–H groups in total. The predicted octanol–water partition coefficient (Wildman–Crippen LogP) is 12.4. The Morgan fingerprint density at radius 3 is 1.80 bits per heavy atom. The normalized spacial score (nSPS) is 14.2. The highest BCUT2D eigenvalue weighted by atomic mass is 32.1. The fraction of sp³-hybridized carbons (Fsp3) is 0.0233. The number of fused-ring (bicyclic) bond motifs is 13. The molecule has 1 atom stereocenters. The number of anilines is 1. The van der Waals surface area contributed by atoms with E-state index in [0.717, 1.165) is 0 Å². The Kier molecular flexibility index (Phi) is 5.28. The number of nitrogens with one attached hydrogen (secondary N) is 1. The fourth-order valence-electron chi connectivity index (χ4n) is 7.65. The lowest BCUT2D eigenvalue weighted by Crippen LogP contribution is -2.18. The third-order valence-electron chi connectivity index (χ3n) is 9.69. The van der Waals surface area contributed by atoms with E-state index in [1.54, 1.807) is 0 Å². The summed E-state index contributed by atoms with van der Waals surface area (Å²) in [5.74, 6) is 0. The van der Waals surface area contributed by atoms with Crippen LogP contribution in [0.25, 0.3) is 74.7 Å². The van der Waals surface area contributed by atoms with Crippen LogP contribution in [0.2, 0.25) is 0 Å². The Balaban J connectivity index is 1.21. The summed E-state index contributed by atoms with van der Waals surface area (Å²) >= 11 is 1.89. The molecule has 1 aliphatic heterocycles. The van der Waals surface area contributed by atoms with Gasteiger partial charge >= 0.3 is 0 Å². The van der Waals surface area contributed by atoms with E-state index in [-0.39, 0.29) is 6.04 Å². The van der Waals surface area contributed by atoms with Crippen molar-refractivity contribution in [1.82, 2.24) is 0 Å². The van der Waals surface area contributed by atoms with Gasteiger partial charge in [0.05, 0.1) is 6.04 Å². The third kappa shape index (κ3) is 3.67. The molecule has 0 radical (unpaired) electrons. The molecule has 0 amide bonds. The first kappa shape index (κ1) is 24.9. The van der Waals surface area contributed by atoms with E-state index in [1.807, 2.05) is 11.3 Å². The molecule has 9 aromatic rings. The maximum absolute atomic E-state index is 3.98. The van der Waals surface area contributed by atoms with Crippen LogP contribution < -0.4 is 5.32 Å². The first-order valence-electron chi connectivity index (χ1n) is 15.6. The summed E-state index contributed by atoms with van der Waals surface area (Å²) in [6.45, 7) is 0. The van der Waals surface area contributed by atoms with Crippen molar-refractivity contribution in [3.63, 3.8) is 0 Å². The minimum atomic E-state index is 0.0684. The lowest BCUT2D eigenvalue weighted by atomic mass is 9.83. The Labute approximate surface area is 265 Å². The Morgan fingerprint density at radius 2 is 1.04 bits per heavy atom. The zero-order chi connectivity index (χ0) is 29.5. The Bertz CT molecular complexity index is 2590. The van der Waals surface area contributed by atoms with E-state index >= 15 is 0 Å². The van der Waals surface area contributed by atoms with Gasteiger partial charge in [-0.1, -0.05) is 127 Å². The molecule has 10 rings (SSSR count). The number of hydrogen-bond donors (Lipinski definition) is 1. The van der Waals surface area contributed by atoms with Crippen molar-refractivity contribution < 1.29 is 0 Å². The smallest absolute Gasteiger partial charge is 0.0773 e. The van der Waals surface area contributed by atoms with E-state index in [1.165, 1.54) is 91.6 Å². The first-order valence-corrected chi connectivity index (χ1v) is 16.4. The minimum absolute atomic E-state index is 0.0684. The van der Waals surface area contributed by atoms with Gasteiger partial charge < -0.3 is 5.32 Å². The largest absolute Gasteiger partial charge is 0.374 e. The minimum Gasteiger partial charge on any atom is -0.374 e. The molecule has 1 aliphatic rings. The molecule has 2 heteroatoms. The van der Waals surface area contributed by atoms with Crippen LogP contribution in [0, 0.1) is 0 Å². The van der Waals surface area contributed by atoms with Crippen LogP contribution in [-0.2, 0) is 0 Å². The van der Waals surface area contributed by atoms with Crippen molar-refractivity contribution in [3.05, 3.63) is 163 Å². The van der Waals surface area contributed by atoms with E-state index in [0.29, 0.717) is 0 Å². The highest BCUT2D eigenvalue weighted by Gasteiger charge is 2.28. The molecule has 0 spiro atoms. The zero-order valence-electron chi connectivity index (χ0n) is 24.4. The summed E-state index contributed by atoms with van der Waals surface area (Å²) in [5.41, 5.74) is 8.87. The van der Waals surface area contributed by atoms with Crippen LogP contribution in [0.4, 0.5) is 5.69 Å². The predicted molar refractivity (Wildman–Crippen MR) is 195 cm³/mol. The third-order valence-corrected chi connectivity index (χ3v) is 10.8. The molecule has 0 saturated heterocycles. The molecule has 0 fully saturated rings. The van der Waals surface area contributed by atoms with Gasteiger partial charge in [-0.05, 0) is 84.4 Å². The first-order chi connectivity index (χ1) is 22.3. The molecule has 8 aromatic carbocycles. The standard InChI is InChI=1S/C43H27NS/c1-2-10-26(11-3-1)43-36-22-23-40-42(35-16-8-9-17-39(35)45-40)41(36)34-21-19-28(25-38(34)44-43)27-18-20-33-31-14-5-4-12-29(31)30-13-6-7-15-32(30)37(33)24-27/h1-25,43-44H. The summed E-state index contributed by atoms with van der Waals surface area (Å²) in [4.78, 5) is 0. The Morgan fingerprint density at radius 1 is 0.444 bits per heavy atom. The van der Waals surface area contributed by atoms with Gasteiger partial charge in [0.15, 0.2) is 0 Å². The van der Waals surface area contributed by atoms with Crippen molar-refractivity contribution in [2.75, 3.05) is 5.32 Å². The molecule has 0 saturated carbocycles. The Hall–Kier alpha value is -5.44. The van der Waals surface area contributed by atoms with E-state index in [4.69, 9.17) is 0 Å². The second kappa shape index (κ2) is 9.53. The average molecular weight is 590 g/mol. The van der Waals surface area contributed by atoms with Crippen molar-refractivity contribution in [2.45, 2.75) is 6.04 Å². The number of rotatable bonds is 2. The second-order valence-electron chi connectivity index (χ2n) is 12.1. The maximum atomic E-state index is 3.98. The molecule has 210 valence electrons. The van der Waals surface area contributed by atoms with Crippen molar-refractivity contribution >= 4 is 69.5 Å². The van der Waals surface area contributed by atoms with Crippen molar-refractivity contribution in [1.29, 1.82) is 0 Å². The van der Waals surface area contributed by atoms with Crippen LogP contribution in [-0.4, -0.2) is 0 Å². The van der Waals surface area contributed by atoms with Gasteiger partial charge in [0.25, 0.3) is 0 Å². The van der Waals surface area contributed by atoms with Crippen molar-refractivity contribution in [3.8, 4) is 22.3 Å². The van der Waals surface area contributed by atoms with Gasteiger partial charge in [0.1, 0.15) is 0 Å². The fourth-order valence-corrected chi connectivity index (χ4v) is 8.77. The van der Waals surface area contributed by atoms with Crippen LogP contribution in [0.1, 0.15) is 17.2 Å². The summed E-state index contributed by atoms with van der Waals surface area (Å²) in [6.07, 6.45) is 0. The van der Waals surface area contributed by atoms with Crippen LogP contribution in [0.5, 0.6) is 0 Å². The summed E-state index contributed by atoms with van der Waals surface area (Å²) in [7, 11) is 0. The van der Waals surface area contributed by atoms with E-state index in [9.17, 15) is 0 Å². The molecular weight excluding hydrogens is 563 g/mol. The summed E-state index contributed by atoms with van der Waals surface area (Å²) in [5, 5.41) is 14.5. The topological polar surface area (TPSA) is 12.0 Å². The number of thiophene rings is 1. The van der Waals surface area contributed by atoms with Crippen LogP contribution >= 0.6 is 11.3 Å². The molecule has 1 unspecified atom stereocenters. The van der Waals surface area contributed by atoms with Crippen LogP contribution in [0.15, 0.2) is 152 Å². The summed E-state index contributed by atoms with van der Waals surface area (Å²) in [6, 6.07) is 56.1. The van der Waals surface area contributed by atoms with Gasteiger partial charge in [-0.15, -0.1) is 11.3 Å². The molecule has 2 heterocycles. The van der Waals surface area contributed by atoms with Gasteiger partial charge in [0.2, 0.25) is 0 Å². The van der Waals surface area contributed by atoms with Gasteiger partial charge in [-0.3, -0.25) is 0 Å². The highest BCUT2D eigenvalue weighted by Crippen LogP contribution is 2.50. The van der Waals surface area contributed by atoms with Gasteiger partial charge in [-0.2, -0.15) is 0 Å². The van der Waals surface area contributed by atoms with Crippen molar-refractivity contribution in [2.24, 2.45) is 0 Å². The van der Waals surface area contributed by atoms with E-state index < -0.39 is 0 Å². The second-order valence-corrected chi connectivity index (χ2v) is 13.2. The lowest BCUT2D eigenvalue weighted by Gasteiger charge is -2.31. The monoisotopic (exact) mass is 589 g/mol. The number of hydrogen-bond acceptors (Lipinski definition) is 2. The summed E-state index contributed by atoms with van der Waals surface area (Å²) < 4.78 is 2.68. The molecule has 0 bridgehead atoms. The molecule has 1 nitrogen and oxygen atoms in total. The molecule has 0 aliphatic carbocycles. The number of benzene rings is 8. The van der Waals surface area contributed by atoms with Gasteiger partial charge in [-0.25, -0.2) is 0 Å². The lowest BCUT2D eigenvalue weighted by molar-refractivity contribution is 0.933. The maximum Gasteiger partial charge on any atom is 0.0773 e. The quantitative estimate of drug-likeness (QED) is 0.198. The van der Waals surface area contributed by atoms with E-state index in [2.05, 4.69) is 157 Å².